The van der Waals surface area contributed by atoms with Crippen LogP contribution < -0.4 is 5.10 Å². The lowest BCUT2D eigenvalue weighted by molar-refractivity contribution is 0.674. The van der Waals surface area contributed by atoms with Gasteiger partial charge in [-0.1, -0.05) is 240 Å². The summed E-state index contributed by atoms with van der Waals surface area (Å²) in [4.78, 5) is 50.7. The van der Waals surface area contributed by atoms with Crippen molar-refractivity contribution in [1.82, 2.24) is 39.7 Å². The number of nitrogens with zero attached hydrogens (tertiary/aromatic N) is 7. The van der Waals surface area contributed by atoms with Crippen molar-refractivity contribution in [3.63, 3.8) is 0 Å². The lowest BCUT2D eigenvalue weighted by atomic mass is 10.1. The molecule has 0 atom stereocenters. The highest BCUT2D eigenvalue weighted by atomic mass is 32.2. The summed E-state index contributed by atoms with van der Waals surface area (Å²) in [7, 11) is 0. The number of aromatic amines is 1. The molecule has 11 aromatic carbocycles. The lowest BCUT2D eigenvalue weighted by Crippen LogP contribution is -2.06. The molecule has 0 saturated carbocycles. The number of rotatable bonds is 16. The number of nitrogens with one attached hydrogen (secondary N) is 1. The molecule has 96 heavy (non-hydrogen) atoms. The van der Waals surface area contributed by atoms with Crippen LogP contribution in [0.5, 0.6) is 0 Å². The molecule has 0 radical (unpaired) electrons. The summed E-state index contributed by atoms with van der Waals surface area (Å²) in [6.07, 6.45) is 8.60. The van der Waals surface area contributed by atoms with E-state index in [1.54, 1.807) is 82.3 Å². The first-order valence-electron chi connectivity index (χ1n) is 31.3. The molecule has 8 nitrogen and oxygen atoms in total. The number of benzene rings is 11. The third kappa shape index (κ3) is 12.6. The van der Waals surface area contributed by atoms with E-state index in [2.05, 4.69) is 289 Å². The fourth-order valence-corrected chi connectivity index (χ4v) is 19.9. The van der Waals surface area contributed by atoms with Gasteiger partial charge in [-0.25, -0.2) is 19.9 Å². The second-order valence-corrected chi connectivity index (χ2v) is 31.6. The van der Waals surface area contributed by atoms with Gasteiger partial charge in [-0.15, -0.1) is 0 Å². The molecule has 13 aromatic rings. The Kier molecular flexibility index (Phi) is 17.3. The molecule has 0 amide bonds. The maximum atomic E-state index is 6.09. The summed E-state index contributed by atoms with van der Waals surface area (Å²) in [5.74, 6) is 2.81. The van der Waals surface area contributed by atoms with Crippen LogP contribution >= 0.6 is 94.1 Å². The smallest absolute Gasteiger partial charge is 0.165 e. The van der Waals surface area contributed by atoms with Gasteiger partial charge in [0.05, 0.1) is 5.82 Å². The Morgan fingerprint density at radius 2 is 0.667 bits per heavy atom. The summed E-state index contributed by atoms with van der Waals surface area (Å²) in [6.45, 7) is 0.403. The molecule has 0 saturated heterocycles. The Morgan fingerprint density at radius 3 is 1.08 bits per heavy atom. The van der Waals surface area contributed by atoms with Crippen LogP contribution in [-0.2, 0) is 6.54 Å². The highest BCUT2D eigenvalue weighted by Crippen LogP contribution is 2.54. The molecule has 1 aliphatic carbocycles. The first kappa shape index (κ1) is 60.8. The van der Waals surface area contributed by atoms with Gasteiger partial charge in [-0.2, -0.15) is 0 Å². The normalized spacial score (nSPS) is 12.6. The zero-order valence-electron chi connectivity index (χ0n) is 51.1. The number of thioether (sulfide) groups is 1. The van der Waals surface area contributed by atoms with Gasteiger partial charge < -0.3 is 19.7 Å². The van der Waals surface area contributed by atoms with Gasteiger partial charge in [0.1, 0.15) is 17.1 Å². The highest BCUT2D eigenvalue weighted by Gasteiger charge is 2.32. The zero-order valence-corrected chi connectivity index (χ0v) is 57.6. The number of hydrogen-bond acceptors (Lipinski definition) is 13. The summed E-state index contributed by atoms with van der Waals surface area (Å²) in [5, 5.41) is 7.79. The van der Waals surface area contributed by atoms with Crippen LogP contribution in [0, 0.1) is 0 Å². The third-order valence-corrected chi connectivity index (χ3v) is 25.0. The second kappa shape index (κ2) is 27.4. The van der Waals surface area contributed by atoms with E-state index in [9.17, 15) is 0 Å². The van der Waals surface area contributed by atoms with E-state index in [4.69, 9.17) is 30.0 Å². The Balaban J connectivity index is 1.04. The van der Waals surface area contributed by atoms with Crippen molar-refractivity contribution >= 4 is 116 Å². The number of allylic oxidation sites excluding steroid dienone is 4. The average molecular weight is 1380 g/mol. The number of hydrogen-bond donors (Lipinski definition) is 1. The van der Waals surface area contributed by atoms with Gasteiger partial charge in [0.15, 0.2) is 11.6 Å². The molecule has 1 N–H and O–H groups in total. The van der Waals surface area contributed by atoms with E-state index in [0.717, 1.165) is 130 Å². The molecular formula is C80H53N8S8-. The summed E-state index contributed by atoms with van der Waals surface area (Å²) >= 11 is 13.8. The predicted octanol–water partition coefficient (Wildman–Crippen LogP) is 23.6. The van der Waals surface area contributed by atoms with Crippen LogP contribution in [0.1, 0.15) is 18.4 Å². The fourth-order valence-electron chi connectivity index (χ4n) is 12.0. The van der Waals surface area contributed by atoms with Crippen molar-refractivity contribution in [3.8, 4) is 56.9 Å². The molecule has 462 valence electrons. The molecule has 0 fully saturated rings. The number of fused-ring (bicyclic) bond motifs is 18. The van der Waals surface area contributed by atoms with Gasteiger partial charge in [0.2, 0.25) is 0 Å². The minimum absolute atomic E-state index is 0.403. The molecule has 2 aromatic heterocycles. The lowest BCUT2D eigenvalue weighted by Gasteiger charge is -2.17. The monoisotopic (exact) mass is 1380 g/mol. The Morgan fingerprint density at radius 1 is 0.323 bits per heavy atom. The fraction of sp³-hybridized carbons (Fsp3) is 0.0375. The molecule has 3 aliphatic heterocycles. The highest BCUT2D eigenvalue weighted by molar-refractivity contribution is 8.03. The van der Waals surface area contributed by atoms with Crippen LogP contribution in [0.25, 0.3) is 79.0 Å². The molecule has 5 heterocycles. The van der Waals surface area contributed by atoms with E-state index in [1.807, 2.05) is 11.8 Å². The van der Waals surface area contributed by atoms with Gasteiger partial charge in [0, 0.05) is 113 Å². The molecule has 0 unspecified atom stereocenters. The van der Waals surface area contributed by atoms with E-state index in [1.165, 1.54) is 4.91 Å². The number of H-pyrrole nitrogens is 1. The summed E-state index contributed by atoms with van der Waals surface area (Å²) < 4.78 is 2.10. The van der Waals surface area contributed by atoms with Crippen molar-refractivity contribution in [2.24, 2.45) is 0 Å². The number of aromatic nitrogens is 8. The Hall–Kier alpha value is -8.81. The van der Waals surface area contributed by atoms with Crippen molar-refractivity contribution in [3.05, 3.63) is 290 Å². The van der Waals surface area contributed by atoms with Crippen LogP contribution in [0.3, 0.4) is 0 Å². The second-order valence-electron chi connectivity index (χ2n) is 22.6. The Labute approximate surface area is 590 Å². The quantitative estimate of drug-likeness (QED) is 0.0994. The van der Waals surface area contributed by atoms with Crippen molar-refractivity contribution in [2.75, 3.05) is 0 Å². The Bertz CT molecular complexity index is 5380. The zero-order chi connectivity index (χ0) is 63.7. The third-order valence-electron chi connectivity index (χ3n) is 16.3. The van der Waals surface area contributed by atoms with Crippen LogP contribution in [0.15, 0.2) is 357 Å². The van der Waals surface area contributed by atoms with Crippen LogP contribution in [-0.4, -0.2) is 34.6 Å². The van der Waals surface area contributed by atoms with Gasteiger partial charge in [-0.3, -0.25) is 0 Å². The average Bonchev–Trinajstić information content (AvgIpc) is 1.58. The topological polar surface area (TPSA) is 99.3 Å². The first-order valence-corrected chi connectivity index (χ1v) is 37.8. The van der Waals surface area contributed by atoms with Crippen LogP contribution in [0.4, 0.5) is 0 Å². The molecule has 16 heteroatoms. The van der Waals surface area contributed by atoms with Crippen LogP contribution in [0.2, 0.25) is 0 Å². The van der Waals surface area contributed by atoms with E-state index < -0.39 is 0 Å². The standard InChI is InChI=1S/C80H53N8S8/c1-9-25-50(26-10-1)89-59-41-42-60(90-51-27-11-2-12-28-51)67-58(59)49-88-80(67)86-78-71-64(94-55-35-19-6-20-36-55)46-45-63(93-54-33-17-5-18-34-54)70(71)76(84-78)82-74-68-61(91-52-29-13-3-14-30-52)43-44-62(92-53-31-15-4-16-32-53)69(68)75(81-74)83-77-72-65(95-56-37-21-7-22-38-56)47-48-66(73(72)79(85-77)87-88)96-57-39-23-8-24-40-57/h1-11,13-27,29-48,81H,12,28,49H2/q-1. The first-order chi connectivity index (χ1) is 47.5. The maximum Gasteiger partial charge on any atom is 0.165 e. The molecule has 6 bridgehead atoms. The van der Waals surface area contributed by atoms with Crippen molar-refractivity contribution in [1.29, 1.82) is 0 Å². The van der Waals surface area contributed by atoms with Gasteiger partial charge >= 0.3 is 0 Å². The summed E-state index contributed by atoms with van der Waals surface area (Å²) in [5.41, 5.74) is 6.94. The summed E-state index contributed by atoms with van der Waals surface area (Å²) in [6, 6.07) is 92.1. The SMILES string of the molecule is C1=CCCC(Sc2ccc(Sc3ccccc3)c3c2-c2nc4nc(nc5[nH]c(nc6nc([n-]n2C3)-c2c(Sc3ccccc3)ccc(Sc3ccccc3)c2-6)c2c(Sc3ccccc3)ccc(Sc3ccccc3)c52)-c2c(Sc3ccccc3)ccc(Sc3ccccc3)c2-4)=C1. The van der Waals surface area contributed by atoms with Gasteiger partial charge in [0.25, 0.3) is 0 Å². The predicted molar refractivity (Wildman–Crippen MR) is 400 cm³/mol. The maximum absolute atomic E-state index is 6.09. The van der Waals surface area contributed by atoms with Crippen molar-refractivity contribution < 1.29 is 0 Å². The van der Waals surface area contributed by atoms with E-state index in [-0.39, 0.29) is 0 Å². The van der Waals surface area contributed by atoms with E-state index >= 15 is 0 Å². The molecule has 0 spiro atoms. The van der Waals surface area contributed by atoms with Gasteiger partial charge in [-0.05, 0) is 168 Å². The molecular weight excluding hydrogens is 1330 g/mol. The largest absolute Gasteiger partial charge is 0.418 e. The van der Waals surface area contributed by atoms with E-state index in [0.29, 0.717) is 47.0 Å². The minimum Gasteiger partial charge on any atom is -0.418 e. The molecule has 17 rings (SSSR count). The minimum atomic E-state index is 0.403. The van der Waals surface area contributed by atoms with Crippen molar-refractivity contribution in [2.45, 2.75) is 92.8 Å². The molecule has 4 aliphatic rings.